The van der Waals surface area contributed by atoms with Crippen molar-refractivity contribution >= 4 is 0 Å². The molecule has 0 spiro atoms. The second-order valence-electron chi connectivity index (χ2n) is 4.84. The molecule has 1 aliphatic heterocycles. The lowest BCUT2D eigenvalue weighted by Gasteiger charge is -2.24. The lowest BCUT2D eigenvalue weighted by molar-refractivity contribution is 0.0478. The Morgan fingerprint density at radius 2 is 2.13 bits per heavy atom. The van der Waals surface area contributed by atoms with E-state index < -0.39 is 0 Å². The average Bonchev–Trinajstić information content (AvgIpc) is 2.38. The number of hydrogen-bond acceptors (Lipinski definition) is 2. The topological polar surface area (TPSA) is 29.5 Å². The Hall–Kier alpha value is -1.02. The molecule has 2 rings (SSSR count). The van der Waals surface area contributed by atoms with E-state index in [-0.39, 0.29) is 18.1 Å². The first-order valence-electron chi connectivity index (χ1n) is 5.50. The van der Waals surface area contributed by atoms with Crippen LogP contribution in [-0.2, 0) is 4.74 Å². The summed E-state index contributed by atoms with van der Waals surface area (Å²) in [6.45, 7) is 4.45. The van der Waals surface area contributed by atoms with Gasteiger partial charge in [-0.1, -0.05) is 32.1 Å². The molecule has 0 aromatic carbocycles. The summed E-state index contributed by atoms with van der Waals surface area (Å²) in [7, 11) is 0. The molecule has 2 heteroatoms. The maximum Gasteiger partial charge on any atom is 0.122 e. The van der Waals surface area contributed by atoms with Crippen LogP contribution < -0.4 is 0 Å². The Morgan fingerprint density at radius 1 is 1.40 bits per heavy atom. The van der Waals surface area contributed by atoms with Gasteiger partial charge in [0.15, 0.2) is 0 Å². The summed E-state index contributed by atoms with van der Waals surface area (Å²) < 4.78 is 5.70. The van der Waals surface area contributed by atoms with Crippen LogP contribution in [-0.4, -0.2) is 17.8 Å². The summed E-state index contributed by atoms with van der Waals surface area (Å²) >= 11 is 0. The van der Waals surface area contributed by atoms with Crippen LogP contribution in [0, 0.1) is 5.41 Å². The summed E-state index contributed by atoms with van der Waals surface area (Å²) in [5.74, 6) is 0.933. The largest absolute Gasteiger partial charge is 0.488 e. The Morgan fingerprint density at radius 3 is 2.87 bits per heavy atom. The molecule has 0 saturated carbocycles. The molecule has 1 unspecified atom stereocenters. The monoisotopic (exact) mass is 206 g/mol. The van der Waals surface area contributed by atoms with Gasteiger partial charge in [0, 0.05) is 5.41 Å². The first kappa shape index (κ1) is 10.5. The summed E-state index contributed by atoms with van der Waals surface area (Å²) in [4.78, 5) is 0. The Bertz CT molecular complexity index is 334. The van der Waals surface area contributed by atoms with Crippen molar-refractivity contribution in [1.29, 1.82) is 0 Å². The van der Waals surface area contributed by atoms with Gasteiger partial charge in [-0.15, -0.1) is 0 Å². The molecule has 0 aromatic rings. The summed E-state index contributed by atoms with van der Waals surface area (Å²) in [6, 6.07) is 0. The van der Waals surface area contributed by atoms with Crippen LogP contribution in [0.1, 0.15) is 26.7 Å². The van der Waals surface area contributed by atoms with Crippen LogP contribution in [0.4, 0.5) is 0 Å². The van der Waals surface area contributed by atoms with Crippen LogP contribution in [0.2, 0.25) is 0 Å². The third-order valence-electron chi connectivity index (χ3n) is 2.93. The molecule has 2 nitrogen and oxygen atoms in total. The zero-order chi connectivity index (χ0) is 10.9. The van der Waals surface area contributed by atoms with E-state index in [1.807, 2.05) is 6.08 Å². The van der Waals surface area contributed by atoms with E-state index in [0.29, 0.717) is 0 Å². The number of aliphatic hydroxyl groups excluding tert-OH is 1. The highest BCUT2D eigenvalue weighted by Crippen LogP contribution is 2.31. The molecule has 1 aliphatic carbocycles. The van der Waals surface area contributed by atoms with Gasteiger partial charge in [-0.05, 0) is 24.5 Å². The zero-order valence-electron chi connectivity index (χ0n) is 9.36. The zero-order valence-corrected chi connectivity index (χ0v) is 9.36. The van der Waals surface area contributed by atoms with Gasteiger partial charge in [-0.2, -0.15) is 0 Å². The van der Waals surface area contributed by atoms with Crippen LogP contribution in [0.15, 0.2) is 35.6 Å². The van der Waals surface area contributed by atoms with Crippen LogP contribution in [0.5, 0.6) is 0 Å². The van der Waals surface area contributed by atoms with Crippen molar-refractivity contribution in [1.82, 2.24) is 0 Å². The number of hydrogen-bond donors (Lipinski definition) is 1. The smallest absolute Gasteiger partial charge is 0.122 e. The molecule has 1 heterocycles. The average molecular weight is 206 g/mol. The van der Waals surface area contributed by atoms with Gasteiger partial charge in [0.2, 0.25) is 0 Å². The van der Waals surface area contributed by atoms with E-state index in [0.717, 1.165) is 18.6 Å². The second-order valence-corrected chi connectivity index (χ2v) is 4.84. The SMILES string of the molecule is CC1(C)C=CC2=C(C=C1)OC(CO)CC2. The minimum absolute atomic E-state index is 0.0250. The maximum atomic E-state index is 9.06. The highest BCUT2D eigenvalue weighted by molar-refractivity contribution is 5.36. The highest BCUT2D eigenvalue weighted by Gasteiger charge is 2.22. The third-order valence-corrected chi connectivity index (χ3v) is 2.93. The number of aliphatic hydroxyl groups is 1. The maximum absolute atomic E-state index is 9.06. The Balaban J connectivity index is 2.23. The molecule has 0 bridgehead atoms. The van der Waals surface area contributed by atoms with Gasteiger partial charge in [0.05, 0.1) is 6.61 Å². The van der Waals surface area contributed by atoms with Gasteiger partial charge in [0.1, 0.15) is 11.9 Å². The summed E-state index contributed by atoms with van der Waals surface area (Å²) in [6.07, 6.45) is 10.4. The molecule has 2 aliphatic rings. The van der Waals surface area contributed by atoms with Crippen molar-refractivity contribution in [2.45, 2.75) is 32.8 Å². The van der Waals surface area contributed by atoms with Crippen molar-refractivity contribution in [2.24, 2.45) is 5.41 Å². The number of rotatable bonds is 1. The summed E-state index contributed by atoms with van der Waals surface area (Å²) in [5.41, 5.74) is 1.34. The normalized spacial score (nSPS) is 28.3. The second kappa shape index (κ2) is 3.86. The first-order chi connectivity index (χ1) is 7.11. The third kappa shape index (κ3) is 2.32. The van der Waals surface area contributed by atoms with E-state index in [2.05, 4.69) is 32.1 Å². The molecule has 0 saturated heterocycles. The predicted octanol–water partition coefficient (Wildman–Crippen LogP) is 2.56. The Labute approximate surface area is 90.9 Å². The number of allylic oxidation sites excluding steroid dienone is 5. The molecular formula is C13H18O2. The van der Waals surface area contributed by atoms with Crippen LogP contribution >= 0.6 is 0 Å². The molecule has 0 radical (unpaired) electrons. The fourth-order valence-corrected chi connectivity index (χ4v) is 1.86. The van der Waals surface area contributed by atoms with Crippen LogP contribution in [0.25, 0.3) is 0 Å². The Kier molecular flexibility index (Phi) is 2.70. The van der Waals surface area contributed by atoms with Gasteiger partial charge in [-0.3, -0.25) is 0 Å². The minimum atomic E-state index is -0.0250. The quantitative estimate of drug-likeness (QED) is 0.714. The van der Waals surface area contributed by atoms with Crippen molar-refractivity contribution in [3.8, 4) is 0 Å². The highest BCUT2D eigenvalue weighted by atomic mass is 16.5. The van der Waals surface area contributed by atoms with E-state index in [1.54, 1.807) is 0 Å². The molecule has 82 valence electrons. The lowest BCUT2D eigenvalue weighted by atomic mass is 9.93. The minimum Gasteiger partial charge on any atom is -0.488 e. The van der Waals surface area contributed by atoms with Crippen molar-refractivity contribution in [3.05, 3.63) is 35.6 Å². The molecule has 0 aromatic heterocycles. The van der Waals surface area contributed by atoms with Crippen molar-refractivity contribution in [2.75, 3.05) is 6.61 Å². The van der Waals surface area contributed by atoms with Crippen molar-refractivity contribution < 1.29 is 9.84 Å². The predicted molar refractivity (Wildman–Crippen MR) is 60.3 cm³/mol. The van der Waals surface area contributed by atoms with E-state index >= 15 is 0 Å². The van der Waals surface area contributed by atoms with E-state index in [9.17, 15) is 0 Å². The fourth-order valence-electron chi connectivity index (χ4n) is 1.86. The molecule has 0 fully saturated rings. The van der Waals surface area contributed by atoms with E-state index in [1.165, 1.54) is 5.57 Å². The van der Waals surface area contributed by atoms with Gasteiger partial charge in [-0.25, -0.2) is 0 Å². The van der Waals surface area contributed by atoms with E-state index in [4.69, 9.17) is 9.84 Å². The lowest BCUT2D eigenvalue weighted by Crippen LogP contribution is -2.21. The summed E-state index contributed by atoms with van der Waals surface area (Å²) in [5, 5.41) is 9.06. The van der Waals surface area contributed by atoms with Crippen molar-refractivity contribution in [3.63, 3.8) is 0 Å². The first-order valence-corrected chi connectivity index (χ1v) is 5.50. The molecule has 15 heavy (non-hydrogen) atoms. The van der Waals surface area contributed by atoms with Gasteiger partial charge >= 0.3 is 0 Å². The number of ether oxygens (including phenoxy) is 1. The van der Waals surface area contributed by atoms with Crippen LogP contribution in [0.3, 0.4) is 0 Å². The molecule has 1 atom stereocenters. The molecule has 0 amide bonds. The molecule has 1 N–H and O–H groups in total. The fraction of sp³-hybridized carbons (Fsp3) is 0.538. The van der Waals surface area contributed by atoms with Gasteiger partial charge < -0.3 is 9.84 Å². The molecular weight excluding hydrogens is 188 g/mol. The van der Waals surface area contributed by atoms with Gasteiger partial charge in [0.25, 0.3) is 0 Å². The standard InChI is InChI=1S/C13H18O2/c1-13(2)7-5-10-3-4-11(9-14)15-12(10)6-8-13/h5-8,11,14H,3-4,9H2,1-2H3.